The Morgan fingerprint density at radius 1 is 1.50 bits per heavy atom. The summed E-state index contributed by atoms with van der Waals surface area (Å²) >= 11 is 16.3. The van der Waals surface area contributed by atoms with E-state index in [1.165, 1.54) is 16.7 Å². The molecule has 0 saturated heterocycles. The van der Waals surface area contributed by atoms with Crippen molar-refractivity contribution in [3.63, 3.8) is 0 Å². The Balaban J connectivity index is 3.26. The van der Waals surface area contributed by atoms with Crippen molar-refractivity contribution in [2.75, 3.05) is 0 Å². The van der Waals surface area contributed by atoms with Gasteiger partial charge in [0, 0.05) is 6.07 Å². The van der Waals surface area contributed by atoms with Gasteiger partial charge in [-0.2, -0.15) is 0 Å². The minimum atomic E-state index is -2.11. The molecule has 0 fully saturated rings. The number of nitrogens with zero attached hydrogens (tertiary/aromatic N) is 2. The molecule has 0 aliphatic rings. The van der Waals surface area contributed by atoms with Crippen LogP contribution < -0.4 is 0 Å². The van der Waals surface area contributed by atoms with Crippen LogP contribution in [0.4, 0.5) is 5.82 Å². The molecule has 0 aromatic carbocycles. The SMILES string of the molecule is CCn1c(C(=O)C(Cl)(Cl)Cl)ccc1[N+](=O)[O-]. The van der Waals surface area contributed by atoms with Gasteiger partial charge in [-0.05, 0) is 17.9 Å². The maximum absolute atomic E-state index is 11.6. The molecule has 0 unspecified atom stereocenters. The topological polar surface area (TPSA) is 65.1 Å². The van der Waals surface area contributed by atoms with Gasteiger partial charge in [0.1, 0.15) is 0 Å². The number of hydrogen-bond acceptors (Lipinski definition) is 3. The summed E-state index contributed by atoms with van der Waals surface area (Å²) in [6, 6.07) is 2.47. The van der Waals surface area contributed by atoms with E-state index in [1.54, 1.807) is 6.92 Å². The van der Waals surface area contributed by atoms with Crippen molar-refractivity contribution in [3.05, 3.63) is 27.9 Å². The van der Waals surface area contributed by atoms with E-state index >= 15 is 0 Å². The first-order valence-electron chi connectivity index (χ1n) is 4.24. The molecule has 0 bridgehead atoms. The predicted molar refractivity (Wildman–Crippen MR) is 61.4 cm³/mol. The van der Waals surface area contributed by atoms with Crippen molar-refractivity contribution in [2.24, 2.45) is 0 Å². The Kier molecular flexibility index (Phi) is 3.83. The molecule has 5 nitrogen and oxygen atoms in total. The number of hydrogen-bond donors (Lipinski definition) is 0. The van der Waals surface area contributed by atoms with Crippen LogP contribution in [0.3, 0.4) is 0 Å². The van der Waals surface area contributed by atoms with E-state index in [9.17, 15) is 14.9 Å². The maximum atomic E-state index is 11.6. The summed E-state index contributed by atoms with van der Waals surface area (Å²) < 4.78 is -0.927. The highest BCUT2D eigenvalue weighted by molar-refractivity contribution is 6.77. The molecular weight excluding hydrogens is 278 g/mol. The number of carbonyl (C=O) groups excluding carboxylic acids is 1. The molecule has 1 rings (SSSR count). The number of ketones is 1. The minimum absolute atomic E-state index is 0.00852. The standard InChI is InChI=1S/C8H7Cl3N2O3/c1-2-12-5(7(14)8(9,10)11)3-4-6(12)13(15)16/h3-4H,2H2,1H3. The lowest BCUT2D eigenvalue weighted by Crippen LogP contribution is -2.22. The van der Waals surface area contributed by atoms with Crippen molar-refractivity contribution in [1.82, 2.24) is 4.57 Å². The number of carbonyl (C=O) groups is 1. The number of rotatable bonds is 3. The molecule has 0 N–H and O–H groups in total. The Labute approximate surface area is 106 Å². The molecule has 1 aromatic heterocycles. The maximum Gasteiger partial charge on any atom is 0.323 e. The number of Topliss-reactive ketones (excluding diaryl/α,β-unsaturated/α-hetero) is 1. The van der Waals surface area contributed by atoms with E-state index in [0.29, 0.717) is 0 Å². The van der Waals surface area contributed by atoms with Crippen molar-refractivity contribution < 1.29 is 9.72 Å². The van der Waals surface area contributed by atoms with Gasteiger partial charge in [0.05, 0.1) is 6.54 Å². The van der Waals surface area contributed by atoms with Gasteiger partial charge < -0.3 is 10.1 Å². The van der Waals surface area contributed by atoms with Crippen LogP contribution >= 0.6 is 34.8 Å². The minimum Gasteiger partial charge on any atom is -0.358 e. The summed E-state index contributed by atoms with van der Waals surface area (Å²) in [4.78, 5) is 21.7. The number of alkyl halides is 3. The van der Waals surface area contributed by atoms with Crippen LogP contribution in [0.15, 0.2) is 12.1 Å². The highest BCUT2D eigenvalue weighted by atomic mass is 35.6. The quantitative estimate of drug-likeness (QED) is 0.371. The Morgan fingerprint density at radius 2 is 2.06 bits per heavy atom. The molecule has 88 valence electrons. The smallest absolute Gasteiger partial charge is 0.323 e. The monoisotopic (exact) mass is 284 g/mol. The lowest BCUT2D eigenvalue weighted by molar-refractivity contribution is -0.392. The zero-order valence-corrected chi connectivity index (χ0v) is 10.4. The summed E-state index contributed by atoms with van der Waals surface area (Å²) in [6.07, 6.45) is 0. The summed E-state index contributed by atoms with van der Waals surface area (Å²) in [5.74, 6) is -0.993. The summed E-state index contributed by atoms with van der Waals surface area (Å²) in [5.41, 5.74) is 0.00852. The summed E-state index contributed by atoms with van der Waals surface area (Å²) in [7, 11) is 0. The van der Waals surface area contributed by atoms with Crippen LogP contribution in [0.1, 0.15) is 17.4 Å². The van der Waals surface area contributed by atoms with Crippen molar-refractivity contribution >= 4 is 46.4 Å². The Hall–Kier alpha value is -0.780. The zero-order valence-electron chi connectivity index (χ0n) is 8.11. The van der Waals surface area contributed by atoms with Crippen LogP contribution in [-0.4, -0.2) is 19.1 Å². The molecule has 0 aliphatic heterocycles. The fraction of sp³-hybridized carbons (Fsp3) is 0.375. The first-order valence-corrected chi connectivity index (χ1v) is 5.37. The van der Waals surface area contributed by atoms with Gasteiger partial charge in [-0.15, -0.1) is 0 Å². The van der Waals surface area contributed by atoms with Crippen molar-refractivity contribution in [3.8, 4) is 0 Å². The number of nitro groups is 1. The molecule has 0 spiro atoms. The van der Waals surface area contributed by atoms with Gasteiger partial charge in [0.15, 0.2) is 5.69 Å². The van der Waals surface area contributed by atoms with Crippen LogP contribution in [0.25, 0.3) is 0 Å². The Morgan fingerprint density at radius 3 is 2.44 bits per heavy atom. The van der Waals surface area contributed by atoms with Gasteiger partial charge in [-0.3, -0.25) is 4.79 Å². The highest BCUT2D eigenvalue weighted by Crippen LogP contribution is 2.32. The lowest BCUT2D eigenvalue weighted by atomic mass is 10.3. The van der Waals surface area contributed by atoms with Gasteiger partial charge in [-0.1, -0.05) is 34.8 Å². The van der Waals surface area contributed by atoms with Crippen molar-refractivity contribution in [2.45, 2.75) is 17.3 Å². The molecule has 8 heteroatoms. The Bertz CT molecular complexity index is 436. The van der Waals surface area contributed by atoms with Crippen LogP contribution in [0.5, 0.6) is 0 Å². The van der Waals surface area contributed by atoms with Crippen LogP contribution in [0, 0.1) is 10.1 Å². The second-order valence-electron chi connectivity index (χ2n) is 2.91. The molecule has 1 aromatic rings. The number of aromatic nitrogens is 1. The first kappa shape index (κ1) is 13.3. The summed E-state index contributed by atoms with van der Waals surface area (Å²) in [5, 5.41) is 10.6. The van der Waals surface area contributed by atoms with Gasteiger partial charge >= 0.3 is 5.82 Å². The summed E-state index contributed by atoms with van der Waals surface area (Å²) in [6.45, 7) is 1.90. The van der Waals surface area contributed by atoms with Crippen LogP contribution in [-0.2, 0) is 6.54 Å². The molecule has 0 aliphatic carbocycles. The van der Waals surface area contributed by atoms with Gasteiger partial charge in [-0.25, -0.2) is 4.57 Å². The average Bonchev–Trinajstić information content (AvgIpc) is 2.57. The third kappa shape index (κ3) is 2.48. The van der Waals surface area contributed by atoms with E-state index in [1.807, 2.05) is 0 Å². The van der Waals surface area contributed by atoms with Crippen LogP contribution in [0.2, 0.25) is 0 Å². The van der Waals surface area contributed by atoms with Gasteiger partial charge in [0.2, 0.25) is 0 Å². The van der Waals surface area contributed by atoms with E-state index in [-0.39, 0.29) is 18.1 Å². The second kappa shape index (κ2) is 4.61. The van der Waals surface area contributed by atoms with E-state index in [2.05, 4.69) is 0 Å². The third-order valence-corrected chi connectivity index (χ3v) is 2.47. The normalized spacial score (nSPS) is 11.5. The molecule has 0 radical (unpaired) electrons. The zero-order chi connectivity index (χ0) is 12.5. The molecule has 1 heterocycles. The second-order valence-corrected chi connectivity index (χ2v) is 5.19. The van der Waals surface area contributed by atoms with E-state index < -0.39 is 14.5 Å². The van der Waals surface area contributed by atoms with E-state index in [0.717, 1.165) is 0 Å². The largest absolute Gasteiger partial charge is 0.358 e. The third-order valence-electron chi connectivity index (χ3n) is 1.95. The molecule has 0 saturated carbocycles. The fourth-order valence-corrected chi connectivity index (χ4v) is 1.58. The lowest BCUT2D eigenvalue weighted by Gasteiger charge is -2.08. The first-order chi connectivity index (χ1) is 7.29. The molecular formula is C8H7Cl3N2O3. The molecule has 0 atom stereocenters. The predicted octanol–water partition coefficient (Wildman–Crippen LogP) is 2.97. The van der Waals surface area contributed by atoms with E-state index in [4.69, 9.17) is 34.8 Å². The van der Waals surface area contributed by atoms with Gasteiger partial charge in [0.25, 0.3) is 9.58 Å². The van der Waals surface area contributed by atoms with Crippen molar-refractivity contribution in [1.29, 1.82) is 0 Å². The molecule has 16 heavy (non-hydrogen) atoms. The fourth-order valence-electron chi connectivity index (χ4n) is 1.29. The highest BCUT2D eigenvalue weighted by Gasteiger charge is 2.37. The average molecular weight is 286 g/mol. The number of halogens is 3. The molecule has 0 amide bonds.